The number of hydrogen-bond acceptors (Lipinski definition) is 3. The number of nitrogens with zero attached hydrogens (tertiary/aromatic N) is 3. The van der Waals surface area contributed by atoms with Gasteiger partial charge in [0.15, 0.2) is 5.78 Å². The van der Waals surface area contributed by atoms with Crippen LogP contribution in [-0.4, -0.2) is 26.7 Å². The molecule has 0 aliphatic carbocycles. The van der Waals surface area contributed by atoms with E-state index >= 15 is 0 Å². The summed E-state index contributed by atoms with van der Waals surface area (Å²) in [5, 5.41) is 7.10. The van der Waals surface area contributed by atoms with E-state index in [9.17, 15) is 4.79 Å². The smallest absolute Gasteiger partial charge is 0.197 e. The van der Waals surface area contributed by atoms with Crippen LogP contribution >= 0.6 is 11.6 Å². The van der Waals surface area contributed by atoms with Crippen LogP contribution in [0.3, 0.4) is 0 Å². The molecule has 54 valence electrons. The minimum absolute atomic E-state index is 0.0266. The Kier molecular flexibility index (Phi) is 2.01. The van der Waals surface area contributed by atoms with Gasteiger partial charge >= 0.3 is 0 Å². The second-order valence-electron chi connectivity index (χ2n) is 1.80. The summed E-state index contributed by atoms with van der Waals surface area (Å²) in [5.74, 6) is -0.185. The molecule has 10 heavy (non-hydrogen) atoms. The lowest BCUT2D eigenvalue weighted by molar-refractivity contribution is 0.101. The van der Waals surface area contributed by atoms with Crippen LogP contribution < -0.4 is 0 Å². The molecule has 5 heteroatoms. The standard InChI is InChI=1S/C5H6ClN3O/c1-9-4(3-7-8-9)5(10)2-6/h3H,2H2,1H3. The van der Waals surface area contributed by atoms with E-state index in [1.165, 1.54) is 10.9 Å². The highest BCUT2D eigenvalue weighted by Crippen LogP contribution is 1.96. The third-order valence-corrected chi connectivity index (χ3v) is 1.36. The molecule has 1 rings (SSSR count). The van der Waals surface area contributed by atoms with Gasteiger partial charge in [0.1, 0.15) is 5.69 Å². The van der Waals surface area contributed by atoms with Crippen molar-refractivity contribution in [3.63, 3.8) is 0 Å². The molecule has 1 aromatic rings. The molecule has 0 atom stereocenters. The van der Waals surface area contributed by atoms with Crippen LogP contribution in [0, 0.1) is 0 Å². The maximum Gasteiger partial charge on any atom is 0.197 e. The van der Waals surface area contributed by atoms with E-state index in [4.69, 9.17) is 11.6 Å². The molecule has 0 fully saturated rings. The van der Waals surface area contributed by atoms with Crippen LogP contribution in [0.1, 0.15) is 10.5 Å². The molecule has 1 aromatic heterocycles. The van der Waals surface area contributed by atoms with Crippen LogP contribution in [0.4, 0.5) is 0 Å². The zero-order valence-corrected chi connectivity index (χ0v) is 6.17. The van der Waals surface area contributed by atoms with Gasteiger partial charge in [-0.05, 0) is 0 Å². The first-order valence-corrected chi connectivity index (χ1v) is 3.23. The van der Waals surface area contributed by atoms with E-state index in [2.05, 4.69) is 10.3 Å². The normalized spacial score (nSPS) is 9.80. The fourth-order valence-electron chi connectivity index (χ4n) is 0.611. The highest BCUT2D eigenvalue weighted by atomic mass is 35.5. The van der Waals surface area contributed by atoms with Gasteiger partial charge in [-0.3, -0.25) is 4.79 Å². The summed E-state index contributed by atoms with van der Waals surface area (Å²) < 4.78 is 1.39. The zero-order valence-electron chi connectivity index (χ0n) is 5.41. The van der Waals surface area contributed by atoms with E-state index in [-0.39, 0.29) is 11.7 Å². The summed E-state index contributed by atoms with van der Waals surface area (Å²) in [6, 6.07) is 0. The zero-order chi connectivity index (χ0) is 7.56. The van der Waals surface area contributed by atoms with Gasteiger partial charge < -0.3 is 0 Å². The highest BCUT2D eigenvalue weighted by Gasteiger charge is 2.07. The monoisotopic (exact) mass is 159 g/mol. The molecule has 0 saturated heterocycles. The Morgan fingerprint density at radius 3 is 3.00 bits per heavy atom. The number of aromatic nitrogens is 3. The van der Waals surface area contributed by atoms with E-state index in [1.54, 1.807) is 7.05 Å². The Balaban J connectivity index is 2.93. The molecule has 0 unspecified atom stereocenters. The molecule has 0 aromatic carbocycles. The van der Waals surface area contributed by atoms with E-state index in [0.29, 0.717) is 5.69 Å². The molecular weight excluding hydrogens is 154 g/mol. The summed E-state index contributed by atoms with van der Waals surface area (Å²) in [7, 11) is 1.65. The number of Topliss-reactive ketones (excluding diaryl/α,β-unsaturated/α-hetero) is 1. The molecule has 0 aliphatic heterocycles. The first-order valence-electron chi connectivity index (χ1n) is 2.69. The summed E-state index contributed by atoms with van der Waals surface area (Å²) in [4.78, 5) is 10.9. The van der Waals surface area contributed by atoms with Crippen LogP contribution in [-0.2, 0) is 7.05 Å². The third-order valence-electron chi connectivity index (χ3n) is 1.12. The van der Waals surface area contributed by atoms with E-state index in [1.807, 2.05) is 0 Å². The number of alkyl halides is 1. The number of aryl methyl sites for hydroxylation is 1. The topological polar surface area (TPSA) is 47.8 Å². The number of carbonyl (C=O) groups excluding carboxylic acids is 1. The van der Waals surface area contributed by atoms with Gasteiger partial charge in [-0.1, -0.05) is 5.21 Å². The van der Waals surface area contributed by atoms with Crippen molar-refractivity contribution >= 4 is 17.4 Å². The van der Waals surface area contributed by atoms with Crippen molar-refractivity contribution in [2.24, 2.45) is 7.05 Å². The summed E-state index contributed by atoms with van der Waals surface area (Å²) >= 11 is 5.30. The minimum Gasteiger partial charge on any atom is -0.291 e. The molecule has 0 aliphatic rings. The van der Waals surface area contributed by atoms with E-state index in [0.717, 1.165) is 0 Å². The average molecular weight is 160 g/mol. The van der Waals surface area contributed by atoms with Crippen LogP contribution in [0.5, 0.6) is 0 Å². The van der Waals surface area contributed by atoms with E-state index < -0.39 is 0 Å². The lowest BCUT2D eigenvalue weighted by Gasteiger charge is -1.92. The molecule has 0 amide bonds. The maximum absolute atomic E-state index is 10.9. The number of carbonyl (C=O) groups is 1. The van der Waals surface area contributed by atoms with Gasteiger partial charge in [-0.2, -0.15) is 0 Å². The number of halogens is 1. The fourth-order valence-corrected chi connectivity index (χ4v) is 0.748. The molecule has 0 radical (unpaired) electrons. The second kappa shape index (κ2) is 2.79. The maximum atomic E-state index is 10.9. The fraction of sp³-hybridized carbons (Fsp3) is 0.400. The molecule has 0 saturated carbocycles. The largest absolute Gasteiger partial charge is 0.291 e. The highest BCUT2D eigenvalue weighted by molar-refractivity contribution is 6.30. The molecule has 1 heterocycles. The van der Waals surface area contributed by atoms with Gasteiger partial charge in [0, 0.05) is 7.05 Å². The van der Waals surface area contributed by atoms with Crippen molar-refractivity contribution in [3.8, 4) is 0 Å². The Labute approximate surface area is 62.8 Å². The Morgan fingerprint density at radius 2 is 2.60 bits per heavy atom. The lowest BCUT2D eigenvalue weighted by Crippen LogP contribution is -2.07. The Hall–Kier alpha value is -0.900. The second-order valence-corrected chi connectivity index (χ2v) is 2.07. The SMILES string of the molecule is Cn1nncc1C(=O)CCl. The van der Waals surface area contributed by atoms with Gasteiger partial charge in [0.25, 0.3) is 0 Å². The minimum atomic E-state index is -0.158. The van der Waals surface area contributed by atoms with Crippen LogP contribution in [0.15, 0.2) is 6.20 Å². The predicted octanol–water partition coefficient (Wildman–Crippen LogP) is 0.237. The Morgan fingerprint density at radius 1 is 1.90 bits per heavy atom. The quantitative estimate of drug-likeness (QED) is 0.459. The molecule has 0 N–H and O–H groups in total. The number of ketones is 1. The van der Waals surface area contributed by atoms with Crippen molar-refractivity contribution in [1.29, 1.82) is 0 Å². The third kappa shape index (κ3) is 1.16. The Bertz CT molecular complexity index is 245. The summed E-state index contributed by atoms with van der Waals surface area (Å²) in [6.07, 6.45) is 1.39. The molecule has 0 spiro atoms. The summed E-state index contributed by atoms with van der Waals surface area (Å²) in [5.41, 5.74) is 0.440. The van der Waals surface area contributed by atoms with Crippen molar-refractivity contribution in [3.05, 3.63) is 11.9 Å². The van der Waals surface area contributed by atoms with Crippen molar-refractivity contribution in [2.75, 3.05) is 5.88 Å². The lowest BCUT2D eigenvalue weighted by atomic mass is 10.3. The number of rotatable bonds is 2. The van der Waals surface area contributed by atoms with Crippen molar-refractivity contribution in [2.45, 2.75) is 0 Å². The molecule has 0 bridgehead atoms. The van der Waals surface area contributed by atoms with Crippen LogP contribution in [0.2, 0.25) is 0 Å². The van der Waals surface area contributed by atoms with Gasteiger partial charge in [-0.15, -0.1) is 16.7 Å². The first kappa shape index (κ1) is 7.21. The van der Waals surface area contributed by atoms with Crippen molar-refractivity contribution in [1.82, 2.24) is 15.0 Å². The van der Waals surface area contributed by atoms with Gasteiger partial charge in [-0.25, -0.2) is 4.68 Å². The predicted molar refractivity (Wildman–Crippen MR) is 36.1 cm³/mol. The molecular formula is C5H6ClN3O. The van der Waals surface area contributed by atoms with Gasteiger partial charge in [0.2, 0.25) is 0 Å². The van der Waals surface area contributed by atoms with Crippen LogP contribution in [0.25, 0.3) is 0 Å². The molecule has 4 nitrogen and oxygen atoms in total. The summed E-state index contributed by atoms with van der Waals surface area (Å²) in [6.45, 7) is 0. The number of hydrogen-bond donors (Lipinski definition) is 0. The van der Waals surface area contributed by atoms with Gasteiger partial charge in [0.05, 0.1) is 12.1 Å². The average Bonchev–Trinajstić information content (AvgIpc) is 2.34. The first-order chi connectivity index (χ1) is 4.75. The van der Waals surface area contributed by atoms with Crippen molar-refractivity contribution < 1.29 is 4.79 Å².